The molecule has 37 heavy (non-hydrogen) atoms. The quantitative estimate of drug-likeness (QED) is 0.205. The van der Waals surface area contributed by atoms with Gasteiger partial charge in [-0.1, -0.05) is 12.1 Å². The first-order valence-electron chi connectivity index (χ1n) is 11.1. The number of alkyl halides is 3. The van der Waals surface area contributed by atoms with Crippen LogP contribution in [0.1, 0.15) is 38.3 Å². The SMILES string of the molecule is COc1ccc(/C=C/C(=O)c2ccc3c(c2)OCCO3)cc1CSc1nc(C(F)(F)F)cc(C)c1C#N. The van der Waals surface area contributed by atoms with Gasteiger partial charge in [0, 0.05) is 16.9 Å². The molecule has 1 aromatic heterocycles. The van der Waals surface area contributed by atoms with E-state index in [0.29, 0.717) is 47.2 Å². The molecule has 0 fully saturated rings. The predicted molar refractivity (Wildman–Crippen MR) is 132 cm³/mol. The lowest BCUT2D eigenvalue weighted by molar-refractivity contribution is -0.141. The van der Waals surface area contributed by atoms with Gasteiger partial charge in [0.05, 0.1) is 12.7 Å². The maximum Gasteiger partial charge on any atom is 0.433 e. The van der Waals surface area contributed by atoms with Gasteiger partial charge in [-0.05, 0) is 60.5 Å². The normalized spacial score (nSPS) is 12.9. The fraction of sp³-hybridized carbons (Fsp3) is 0.222. The number of thioether (sulfide) groups is 1. The van der Waals surface area contributed by atoms with E-state index in [1.807, 2.05) is 6.07 Å². The Labute approximate surface area is 215 Å². The molecule has 0 saturated heterocycles. The number of hydrogen-bond donors (Lipinski definition) is 0. The highest BCUT2D eigenvalue weighted by atomic mass is 32.2. The Balaban J connectivity index is 1.54. The Hall–Kier alpha value is -3.97. The molecule has 0 spiro atoms. The van der Waals surface area contributed by atoms with Gasteiger partial charge in [-0.3, -0.25) is 4.79 Å². The molecule has 0 aliphatic carbocycles. The summed E-state index contributed by atoms with van der Waals surface area (Å²) < 4.78 is 56.2. The van der Waals surface area contributed by atoms with Crippen molar-refractivity contribution in [1.82, 2.24) is 4.98 Å². The number of carbonyl (C=O) groups is 1. The average molecular weight is 527 g/mol. The molecule has 1 aliphatic rings. The van der Waals surface area contributed by atoms with E-state index in [-0.39, 0.29) is 27.7 Å². The van der Waals surface area contributed by atoms with Crippen LogP contribution in [-0.4, -0.2) is 31.1 Å². The molecule has 0 unspecified atom stereocenters. The summed E-state index contributed by atoms with van der Waals surface area (Å²) in [6, 6.07) is 13.0. The number of pyridine rings is 1. The Bertz CT molecular complexity index is 1410. The highest BCUT2D eigenvalue weighted by Gasteiger charge is 2.34. The van der Waals surface area contributed by atoms with Crippen molar-refractivity contribution in [2.75, 3.05) is 20.3 Å². The van der Waals surface area contributed by atoms with Crippen LogP contribution in [0.3, 0.4) is 0 Å². The number of fused-ring (bicyclic) bond motifs is 1. The first-order chi connectivity index (χ1) is 17.7. The largest absolute Gasteiger partial charge is 0.496 e. The van der Waals surface area contributed by atoms with Crippen LogP contribution in [0, 0.1) is 18.3 Å². The van der Waals surface area contributed by atoms with E-state index >= 15 is 0 Å². The van der Waals surface area contributed by atoms with Gasteiger partial charge in [-0.15, -0.1) is 11.8 Å². The third-order valence-corrected chi connectivity index (χ3v) is 6.53. The molecule has 0 bridgehead atoms. The molecule has 2 heterocycles. The summed E-state index contributed by atoms with van der Waals surface area (Å²) in [4.78, 5) is 16.4. The van der Waals surface area contributed by atoms with Crippen molar-refractivity contribution in [3.63, 3.8) is 0 Å². The molecular formula is C27H21F3N2O4S. The van der Waals surface area contributed by atoms with Gasteiger partial charge in [0.2, 0.25) is 0 Å². The van der Waals surface area contributed by atoms with E-state index in [1.54, 1.807) is 42.5 Å². The van der Waals surface area contributed by atoms with Crippen molar-refractivity contribution in [2.24, 2.45) is 0 Å². The molecule has 0 saturated carbocycles. The monoisotopic (exact) mass is 526 g/mol. The smallest absolute Gasteiger partial charge is 0.433 e. The summed E-state index contributed by atoms with van der Waals surface area (Å²) in [6.07, 6.45) is -1.56. The molecule has 6 nitrogen and oxygen atoms in total. The molecule has 1 aliphatic heterocycles. The molecule has 10 heteroatoms. The lowest BCUT2D eigenvalue weighted by atomic mass is 10.1. The highest BCUT2D eigenvalue weighted by Crippen LogP contribution is 2.35. The van der Waals surface area contributed by atoms with Gasteiger partial charge in [-0.2, -0.15) is 18.4 Å². The second kappa shape index (κ2) is 11.0. The van der Waals surface area contributed by atoms with Crippen molar-refractivity contribution in [3.05, 3.63) is 82.1 Å². The number of nitriles is 1. The van der Waals surface area contributed by atoms with Gasteiger partial charge in [0.25, 0.3) is 0 Å². The van der Waals surface area contributed by atoms with Crippen molar-refractivity contribution in [2.45, 2.75) is 23.9 Å². The molecule has 3 aromatic rings. The number of rotatable bonds is 7. The van der Waals surface area contributed by atoms with E-state index in [1.165, 1.54) is 20.1 Å². The standard InChI is InChI=1S/C27H21F3N2O4S/c1-16-11-25(27(28,29)30)32-26(20(16)14-31)37-15-19-12-17(4-7-22(19)34-2)3-6-21(33)18-5-8-23-24(13-18)36-10-9-35-23/h3-8,11-13H,9-10,15H2,1-2H3/b6-3+. The lowest BCUT2D eigenvalue weighted by Gasteiger charge is -2.18. The summed E-state index contributed by atoms with van der Waals surface area (Å²) in [5, 5.41) is 9.44. The zero-order chi connectivity index (χ0) is 26.6. The van der Waals surface area contributed by atoms with Crippen LogP contribution in [0.2, 0.25) is 0 Å². The molecule has 4 rings (SSSR count). The zero-order valence-corrected chi connectivity index (χ0v) is 20.7. The van der Waals surface area contributed by atoms with Gasteiger partial charge < -0.3 is 14.2 Å². The van der Waals surface area contributed by atoms with Gasteiger partial charge >= 0.3 is 6.18 Å². The number of halogens is 3. The van der Waals surface area contributed by atoms with Crippen LogP contribution in [0.15, 0.2) is 53.6 Å². The molecule has 190 valence electrons. The van der Waals surface area contributed by atoms with Crippen LogP contribution >= 0.6 is 11.8 Å². The number of aryl methyl sites for hydroxylation is 1. The minimum Gasteiger partial charge on any atom is -0.496 e. The third-order valence-electron chi connectivity index (χ3n) is 5.51. The number of hydrogen-bond acceptors (Lipinski definition) is 7. The summed E-state index contributed by atoms with van der Waals surface area (Å²) in [6.45, 7) is 2.32. The molecule has 0 radical (unpaired) electrons. The second-order valence-electron chi connectivity index (χ2n) is 8.03. The Morgan fingerprint density at radius 3 is 2.62 bits per heavy atom. The zero-order valence-electron chi connectivity index (χ0n) is 19.9. The number of allylic oxidation sites excluding steroid dienone is 1. The number of benzene rings is 2. The van der Waals surface area contributed by atoms with Gasteiger partial charge in [-0.25, -0.2) is 4.98 Å². The van der Waals surface area contributed by atoms with E-state index in [9.17, 15) is 23.2 Å². The van der Waals surface area contributed by atoms with Crippen molar-refractivity contribution < 1.29 is 32.2 Å². The highest BCUT2D eigenvalue weighted by molar-refractivity contribution is 7.98. The maximum atomic E-state index is 13.3. The fourth-order valence-electron chi connectivity index (χ4n) is 3.66. The van der Waals surface area contributed by atoms with Crippen LogP contribution in [0.25, 0.3) is 6.08 Å². The number of nitrogens with zero attached hydrogens (tertiary/aromatic N) is 2. The van der Waals surface area contributed by atoms with Crippen LogP contribution < -0.4 is 14.2 Å². The van der Waals surface area contributed by atoms with Crippen LogP contribution in [0.5, 0.6) is 17.2 Å². The van der Waals surface area contributed by atoms with Crippen LogP contribution in [-0.2, 0) is 11.9 Å². The Morgan fingerprint density at radius 1 is 1.16 bits per heavy atom. The first-order valence-corrected chi connectivity index (χ1v) is 12.1. The van der Waals surface area contributed by atoms with Crippen molar-refractivity contribution >= 4 is 23.6 Å². The Morgan fingerprint density at radius 2 is 1.92 bits per heavy atom. The second-order valence-corrected chi connectivity index (χ2v) is 8.99. The Kier molecular flexibility index (Phi) is 7.74. The number of methoxy groups -OCH3 is 1. The van der Waals surface area contributed by atoms with E-state index < -0.39 is 11.9 Å². The number of ether oxygens (including phenoxy) is 3. The minimum atomic E-state index is -4.62. The van der Waals surface area contributed by atoms with Gasteiger partial charge in [0.15, 0.2) is 17.3 Å². The predicted octanol–water partition coefficient (Wildman–Crippen LogP) is 6.25. The number of ketones is 1. The molecule has 2 aromatic carbocycles. The minimum absolute atomic E-state index is 0.00777. The molecular weight excluding hydrogens is 505 g/mol. The van der Waals surface area contributed by atoms with Crippen LogP contribution in [0.4, 0.5) is 13.2 Å². The third kappa shape index (κ3) is 6.06. The van der Waals surface area contributed by atoms with Crippen molar-refractivity contribution in [1.29, 1.82) is 5.26 Å². The summed E-state index contributed by atoms with van der Waals surface area (Å²) in [7, 11) is 1.48. The average Bonchev–Trinajstić information content (AvgIpc) is 2.89. The maximum absolute atomic E-state index is 13.3. The summed E-state index contributed by atoms with van der Waals surface area (Å²) in [5.74, 6) is 1.60. The lowest BCUT2D eigenvalue weighted by Crippen LogP contribution is -2.15. The molecule has 0 atom stereocenters. The first kappa shape index (κ1) is 26.1. The number of aromatic nitrogens is 1. The molecule has 0 amide bonds. The topological polar surface area (TPSA) is 81.4 Å². The van der Waals surface area contributed by atoms with E-state index in [2.05, 4.69) is 4.98 Å². The summed E-state index contributed by atoms with van der Waals surface area (Å²) >= 11 is 1.01. The van der Waals surface area contributed by atoms with Gasteiger partial charge in [0.1, 0.15) is 35.8 Å². The van der Waals surface area contributed by atoms with E-state index in [0.717, 1.165) is 17.8 Å². The number of carbonyl (C=O) groups excluding carboxylic acids is 1. The molecule has 0 N–H and O–H groups in total. The van der Waals surface area contributed by atoms with Crippen molar-refractivity contribution in [3.8, 4) is 23.3 Å². The summed E-state index contributed by atoms with van der Waals surface area (Å²) in [5.41, 5.74) is 1.05. The van der Waals surface area contributed by atoms with E-state index in [4.69, 9.17) is 14.2 Å². The fourth-order valence-corrected chi connectivity index (χ4v) is 4.69.